The average Bonchev–Trinajstić information content (AvgIpc) is 2.29. The molecule has 0 amide bonds. The topological polar surface area (TPSA) is 72.2 Å². The van der Waals surface area contributed by atoms with Crippen LogP contribution in [0.5, 0.6) is 0 Å². The van der Waals surface area contributed by atoms with E-state index < -0.39 is 11.2 Å². The number of hydrogen-bond acceptors (Lipinski definition) is 5. The number of aromatic nitrogens is 3. The first-order chi connectivity index (χ1) is 8.16. The summed E-state index contributed by atoms with van der Waals surface area (Å²) in [5.74, 6) is 0.189. The van der Waals surface area contributed by atoms with E-state index in [9.17, 15) is 9.59 Å². The van der Waals surface area contributed by atoms with E-state index in [0.717, 1.165) is 9.25 Å². The van der Waals surface area contributed by atoms with Crippen LogP contribution in [0.4, 0.5) is 5.82 Å². The summed E-state index contributed by atoms with van der Waals surface area (Å²) in [7, 11) is 6.89. The molecule has 1 aromatic heterocycles. The minimum Gasteiger partial charge on any atom is -0.362 e. The van der Waals surface area contributed by atoms with Crippen molar-refractivity contribution in [1.29, 1.82) is 0 Å². The molecule has 0 atom stereocenters. The Morgan fingerprint density at radius 2 is 1.83 bits per heavy atom. The molecule has 1 rings (SSSR count). The molecule has 0 bridgehead atoms. The van der Waals surface area contributed by atoms with Gasteiger partial charge < -0.3 is 10.2 Å². The van der Waals surface area contributed by atoms with Gasteiger partial charge in [-0.3, -0.25) is 9.36 Å². The summed E-state index contributed by atoms with van der Waals surface area (Å²) in [6.45, 7) is 4.65. The molecule has 1 aromatic rings. The molecule has 18 heavy (non-hydrogen) atoms. The Hall–Kier alpha value is -1.63. The van der Waals surface area contributed by atoms with E-state index in [4.69, 9.17) is 0 Å². The van der Waals surface area contributed by atoms with Crippen LogP contribution in [0.25, 0.3) is 0 Å². The summed E-state index contributed by atoms with van der Waals surface area (Å²) in [5, 5.41) is 6.93. The Kier molecular flexibility index (Phi) is 3.95. The highest BCUT2D eigenvalue weighted by atomic mass is 16.2. The third-order valence-corrected chi connectivity index (χ3v) is 3.22. The molecule has 0 spiro atoms. The van der Waals surface area contributed by atoms with Crippen LogP contribution in [0, 0.1) is 0 Å². The largest absolute Gasteiger partial charge is 0.362 e. The number of nitrogens with zero attached hydrogens (tertiary/aromatic N) is 4. The maximum atomic E-state index is 11.8. The molecule has 0 saturated heterocycles. The summed E-state index contributed by atoms with van der Waals surface area (Å²) in [5.41, 5.74) is -0.966. The van der Waals surface area contributed by atoms with E-state index in [2.05, 4.69) is 10.4 Å². The molecule has 0 aromatic carbocycles. The van der Waals surface area contributed by atoms with Crippen molar-refractivity contribution in [2.45, 2.75) is 19.4 Å². The number of aryl methyl sites for hydroxylation is 1. The molecule has 1 N–H and O–H groups in total. The van der Waals surface area contributed by atoms with Crippen molar-refractivity contribution in [1.82, 2.24) is 19.2 Å². The Bertz CT molecular complexity index is 541. The fourth-order valence-electron chi connectivity index (χ4n) is 1.27. The number of likely N-dealkylation sites (N-methyl/N-ethyl adjacent to an activating group) is 1. The van der Waals surface area contributed by atoms with Gasteiger partial charge in [0.05, 0.1) is 0 Å². The quantitative estimate of drug-likeness (QED) is 0.765. The highest BCUT2D eigenvalue weighted by Crippen LogP contribution is 2.09. The van der Waals surface area contributed by atoms with E-state index in [-0.39, 0.29) is 11.4 Å². The van der Waals surface area contributed by atoms with Crippen LogP contribution in [-0.2, 0) is 14.1 Å². The summed E-state index contributed by atoms with van der Waals surface area (Å²) in [4.78, 5) is 25.4. The molecule has 0 saturated carbocycles. The SMILES string of the molecule is CN(C)C(C)(C)CNc1nn(C)c(=O)n(C)c1=O. The molecule has 7 nitrogen and oxygen atoms in total. The van der Waals surface area contributed by atoms with Crippen molar-refractivity contribution in [2.75, 3.05) is 26.0 Å². The van der Waals surface area contributed by atoms with Crippen molar-refractivity contribution in [3.8, 4) is 0 Å². The van der Waals surface area contributed by atoms with Crippen LogP contribution in [0.2, 0.25) is 0 Å². The van der Waals surface area contributed by atoms with Gasteiger partial charge in [-0.05, 0) is 27.9 Å². The van der Waals surface area contributed by atoms with Crippen LogP contribution in [0.3, 0.4) is 0 Å². The van der Waals surface area contributed by atoms with Gasteiger partial charge in [0.25, 0.3) is 5.56 Å². The lowest BCUT2D eigenvalue weighted by molar-refractivity contribution is 0.209. The fraction of sp³-hybridized carbons (Fsp3) is 0.727. The fourth-order valence-corrected chi connectivity index (χ4v) is 1.27. The van der Waals surface area contributed by atoms with E-state index in [1.54, 1.807) is 0 Å². The Labute approximate surface area is 106 Å². The zero-order chi connectivity index (χ0) is 14.1. The summed E-state index contributed by atoms with van der Waals surface area (Å²) in [6, 6.07) is 0. The lowest BCUT2D eigenvalue weighted by Crippen LogP contribution is -2.46. The molecule has 0 radical (unpaired) electrons. The predicted octanol–water partition coefficient (Wildman–Crippen LogP) is -0.769. The van der Waals surface area contributed by atoms with Gasteiger partial charge >= 0.3 is 5.69 Å². The van der Waals surface area contributed by atoms with Gasteiger partial charge in [-0.1, -0.05) is 0 Å². The zero-order valence-corrected chi connectivity index (χ0v) is 11.8. The maximum absolute atomic E-state index is 11.8. The second-order valence-corrected chi connectivity index (χ2v) is 5.18. The standard InChI is InChI=1S/C11H21N5O2/c1-11(2,14(3)4)7-12-8-9(17)15(5)10(18)16(6)13-8/h7H2,1-6H3,(H,12,13). The summed E-state index contributed by atoms with van der Waals surface area (Å²) < 4.78 is 2.18. The van der Waals surface area contributed by atoms with Gasteiger partial charge in [0.15, 0.2) is 0 Å². The molecule has 0 aliphatic heterocycles. The Morgan fingerprint density at radius 3 is 2.33 bits per heavy atom. The van der Waals surface area contributed by atoms with Crippen molar-refractivity contribution in [2.24, 2.45) is 14.1 Å². The van der Waals surface area contributed by atoms with Crippen LogP contribution in [0.1, 0.15) is 13.8 Å². The first kappa shape index (κ1) is 14.4. The molecular weight excluding hydrogens is 234 g/mol. The van der Waals surface area contributed by atoms with Gasteiger partial charge in [-0.15, -0.1) is 5.10 Å². The second-order valence-electron chi connectivity index (χ2n) is 5.18. The lowest BCUT2D eigenvalue weighted by atomic mass is 10.0. The van der Waals surface area contributed by atoms with Gasteiger partial charge in [0.2, 0.25) is 5.82 Å². The second kappa shape index (κ2) is 4.93. The molecule has 7 heteroatoms. The third-order valence-electron chi connectivity index (χ3n) is 3.22. The highest BCUT2D eigenvalue weighted by molar-refractivity contribution is 5.30. The van der Waals surface area contributed by atoms with Gasteiger partial charge in [0.1, 0.15) is 0 Å². The molecule has 0 aliphatic rings. The average molecular weight is 255 g/mol. The minimum absolute atomic E-state index is 0.124. The number of hydrogen-bond donors (Lipinski definition) is 1. The van der Waals surface area contributed by atoms with Crippen molar-refractivity contribution < 1.29 is 0 Å². The van der Waals surface area contributed by atoms with Crippen LogP contribution < -0.4 is 16.6 Å². The molecule has 0 fully saturated rings. The highest BCUT2D eigenvalue weighted by Gasteiger charge is 2.21. The number of rotatable bonds is 4. The molecule has 0 unspecified atom stereocenters. The first-order valence-corrected chi connectivity index (χ1v) is 5.72. The van der Waals surface area contributed by atoms with E-state index >= 15 is 0 Å². The maximum Gasteiger partial charge on any atom is 0.346 e. The summed E-state index contributed by atoms with van der Waals surface area (Å²) >= 11 is 0. The first-order valence-electron chi connectivity index (χ1n) is 5.72. The van der Waals surface area contributed by atoms with Gasteiger partial charge in [-0.2, -0.15) is 0 Å². The summed E-state index contributed by atoms with van der Waals surface area (Å²) in [6.07, 6.45) is 0. The van der Waals surface area contributed by atoms with Crippen LogP contribution >= 0.6 is 0 Å². The van der Waals surface area contributed by atoms with Crippen molar-refractivity contribution in [3.63, 3.8) is 0 Å². The van der Waals surface area contributed by atoms with Gasteiger partial charge in [-0.25, -0.2) is 9.48 Å². The predicted molar refractivity (Wildman–Crippen MR) is 71.0 cm³/mol. The minimum atomic E-state index is -0.433. The smallest absolute Gasteiger partial charge is 0.346 e. The molecule has 102 valence electrons. The zero-order valence-electron chi connectivity index (χ0n) is 11.8. The van der Waals surface area contributed by atoms with Gasteiger partial charge in [0, 0.05) is 26.2 Å². The van der Waals surface area contributed by atoms with E-state index in [1.165, 1.54) is 14.1 Å². The third kappa shape index (κ3) is 2.79. The normalized spacial score (nSPS) is 11.9. The molecule has 0 aliphatic carbocycles. The van der Waals surface area contributed by atoms with Crippen LogP contribution in [0.15, 0.2) is 9.59 Å². The van der Waals surface area contributed by atoms with Crippen molar-refractivity contribution in [3.05, 3.63) is 20.8 Å². The molecular formula is C11H21N5O2. The Balaban J connectivity index is 3.01. The molecule has 1 heterocycles. The van der Waals surface area contributed by atoms with Crippen molar-refractivity contribution >= 4 is 5.82 Å². The lowest BCUT2D eigenvalue weighted by Gasteiger charge is -2.32. The number of nitrogens with one attached hydrogen (secondary N) is 1. The van der Waals surface area contributed by atoms with E-state index in [0.29, 0.717) is 6.54 Å². The Morgan fingerprint density at radius 1 is 1.28 bits per heavy atom. The monoisotopic (exact) mass is 255 g/mol. The number of anilines is 1. The van der Waals surface area contributed by atoms with Crippen LogP contribution in [-0.4, -0.2) is 45.4 Å². The van der Waals surface area contributed by atoms with E-state index in [1.807, 2.05) is 32.8 Å².